The van der Waals surface area contributed by atoms with E-state index in [4.69, 9.17) is 11.6 Å². The van der Waals surface area contributed by atoms with Gasteiger partial charge in [-0.25, -0.2) is 4.98 Å². The molecule has 3 rings (SSSR count). The summed E-state index contributed by atoms with van der Waals surface area (Å²) in [5.74, 6) is 0.322. The monoisotopic (exact) mass is 379 g/mol. The van der Waals surface area contributed by atoms with Crippen LogP contribution in [0.5, 0.6) is 0 Å². The Labute approximate surface area is 156 Å². The van der Waals surface area contributed by atoms with Gasteiger partial charge < -0.3 is 5.32 Å². The zero-order chi connectivity index (χ0) is 18.0. The van der Waals surface area contributed by atoms with Gasteiger partial charge in [0.2, 0.25) is 5.91 Å². The van der Waals surface area contributed by atoms with Crippen LogP contribution in [-0.2, 0) is 11.3 Å². The van der Waals surface area contributed by atoms with Crippen LogP contribution in [0.25, 0.3) is 10.9 Å². The minimum Gasteiger partial charge on any atom is -0.355 e. The molecule has 1 fully saturated rings. The molecule has 5 nitrogen and oxygen atoms in total. The van der Waals surface area contributed by atoms with Gasteiger partial charge in [0.15, 0.2) is 5.16 Å². The molecule has 0 aliphatic carbocycles. The molecule has 1 saturated heterocycles. The summed E-state index contributed by atoms with van der Waals surface area (Å²) in [5.41, 5.74) is 0.517. The molecule has 1 aromatic heterocycles. The SMILES string of the molecule is CC(C)Cn1c(S[C@@H]2CCCCNC2=O)nc2ccc(Cl)cc2c1=O. The maximum Gasteiger partial charge on any atom is 0.262 e. The Morgan fingerprint density at radius 1 is 1.36 bits per heavy atom. The molecule has 1 aliphatic heterocycles. The van der Waals surface area contributed by atoms with Gasteiger partial charge in [-0.2, -0.15) is 0 Å². The van der Waals surface area contributed by atoms with Crippen molar-refractivity contribution in [1.29, 1.82) is 0 Å². The van der Waals surface area contributed by atoms with Gasteiger partial charge in [-0.1, -0.05) is 43.6 Å². The Morgan fingerprint density at radius 2 is 2.16 bits per heavy atom. The number of aromatic nitrogens is 2. The lowest BCUT2D eigenvalue weighted by molar-refractivity contribution is -0.120. The number of hydrogen-bond acceptors (Lipinski definition) is 4. The number of amides is 1. The van der Waals surface area contributed by atoms with Crippen molar-refractivity contribution in [3.63, 3.8) is 0 Å². The van der Waals surface area contributed by atoms with Crippen LogP contribution in [-0.4, -0.2) is 27.3 Å². The van der Waals surface area contributed by atoms with Gasteiger partial charge in [-0.15, -0.1) is 0 Å². The Kier molecular flexibility index (Phi) is 5.69. The number of nitrogens with zero attached hydrogens (tertiary/aromatic N) is 2. The van der Waals surface area contributed by atoms with Gasteiger partial charge in [-0.3, -0.25) is 14.2 Å². The first-order valence-corrected chi connectivity index (χ1v) is 9.86. The maximum absolute atomic E-state index is 13.0. The summed E-state index contributed by atoms with van der Waals surface area (Å²) in [6, 6.07) is 5.15. The lowest BCUT2D eigenvalue weighted by Crippen LogP contribution is -2.32. The molecular weight excluding hydrogens is 358 g/mol. The van der Waals surface area contributed by atoms with Crippen LogP contribution in [0.4, 0.5) is 0 Å². The van der Waals surface area contributed by atoms with E-state index in [-0.39, 0.29) is 16.7 Å². The number of benzene rings is 1. The second kappa shape index (κ2) is 7.79. The molecule has 7 heteroatoms. The first-order valence-electron chi connectivity index (χ1n) is 8.60. The fourth-order valence-corrected chi connectivity index (χ4v) is 4.28. The lowest BCUT2D eigenvalue weighted by Gasteiger charge is -2.18. The van der Waals surface area contributed by atoms with Crippen molar-refractivity contribution in [1.82, 2.24) is 14.9 Å². The van der Waals surface area contributed by atoms with Crippen LogP contribution < -0.4 is 10.9 Å². The Balaban J connectivity index is 2.07. The zero-order valence-electron chi connectivity index (χ0n) is 14.4. The molecule has 0 bridgehead atoms. The molecule has 2 aromatic rings. The fourth-order valence-electron chi connectivity index (χ4n) is 2.94. The van der Waals surface area contributed by atoms with Gasteiger partial charge in [0.25, 0.3) is 5.56 Å². The summed E-state index contributed by atoms with van der Waals surface area (Å²) < 4.78 is 1.69. The van der Waals surface area contributed by atoms with Crippen LogP contribution in [0, 0.1) is 5.92 Å². The molecule has 0 unspecified atom stereocenters. The number of rotatable bonds is 4. The van der Waals surface area contributed by atoms with Gasteiger partial charge in [-0.05, 0) is 37.0 Å². The molecule has 1 aromatic carbocycles. The lowest BCUT2D eigenvalue weighted by atomic mass is 10.2. The van der Waals surface area contributed by atoms with E-state index in [2.05, 4.69) is 24.1 Å². The van der Waals surface area contributed by atoms with E-state index in [9.17, 15) is 9.59 Å². The third-order valence-electron chi connectivity index (χ3n) is 4.16. The van der Waals surface area contributed by atoms with Crippen molar-refractivity contribution in [3.8, 4) is 0 Å². The third-order valence-corrected chi connectivity index (χ3v) is 5.65. The second-order valence-corrected chi connectivity index (χ2v) is 8.37. The topological polar surface area (TPSA) is 64.0 Å². The summed E-state index contributed by atoms with van der Waals surface area (Å²) in [5, 5.41) is 4.37. The predicted octanol–water partition coefficient (Wildman–Crippen LogP) is 3.47. The highest BCUT2D eigenvalue weighted by molar-refractivity contribution is 8.00. The predicted molar refractivity (Wildman–Crippen MR) is 102 cm³/mol. The normalized spacial score (nSPS) is 18.4. The Morgan fingerprint density at radius 3 is 2.92 bits per heavy atom. The second-order valence-electron chi connectivity index (χ2n) is 6.76. The number of carbonyl (C=O) groups is 1. The molecule has 2 heterocycles. The Bertz CT molecular complexity index is 850. The fraction of sp³-hybridized carbons (Fsp3) is 0.500. The van der Waals surface area contributed by atoms with E-state index in [1.807, 2.05) is 0 Å². The van der Waals surface area contributed by atoms with Gasteiger partial charge in [0, 0.05) is 18.1 Å². The first kappa shape index (κ1) is 18.3. The number of thioether (sulfide) groups is 1. The molecule has 1 amide bonds. The molecule has 1 aliphatic rings. The quantitative estimate of drug-likeness (QED) is 0.826. The van der Waals surface area contributed by atoms with Gasteiger partial charge in [0.05, 0.1) is 16.2 Å². The number of halogens is 1. The van der Waals surface area contributed by atoms with Crippen molar-refractivity contribution >= 4 is 40.2 Å². The highest BCUT2D eigenvalue weighted by Crippen LogP contribution is 2.28. The number of hydrogen-bond donors (Lipinski definition) is 1. The first-order chi connectivity index (χ1) is 12.0. The summed E-state index contributed by atoms with van der Waals surface area (Å²) in [6.45, 7) is 5.39. The van der Waals surface area contributed by atoms with Crippen LogP contribution in [0.1, 0.15) is 33.1 Å². The van der Waals surface area contributed by atoms with Crippen LogP contribution in [0.3, 0.4) is 0 Å². The highest BCUT2D eigenvalue weighted by atomic mass is 35.5. The summed E-state index contributed by atoms with van der Waals surface area (Å²) in [4.78, 5) is 29.9. The van der Waals surface area contributed by atoms with E-state index >= 15 is 0 Å². The van der Waals surface area contributed by atoms with E-state index in [0.717, 1.165) is 25.8 Å². The van der Waals surface area contributed by atoms with Crippen molar-refractivity contribution in [2.24, 2.45) is 5.92 Å². The van der Waals surface area contributed by atoms with Crippen molar-refractivity contribution < 1.29 is 4.79 Å². The van der Waals surface area contributed by atoms with Crippen LogP contribution >= 0.6 is 23.4 Å². The standard InChI is InChI=1S/C18H22ClN3O2S/c1-11(2)10-22-17(24)13-9-12(19)6-7-14(13)21-18(22)25-15-5-3-4-8-20-16(15)23/h6-7,9,11,15H,3-5,8,10H2,1-2H3,(H,20,23)/t15-/m1/s1. The smallest absolute Gasteiger partial charge is 0.262 e. The molecule has 0 saturated carbocycles. The summed E-state index contributed by atoms with van der Waals surface area (Å²) in [6.07, 6.45) is 2.78. The summed E-state index contributed by atoms with van der Waals surface area (Å²) in [7, 11) is 0. The van der Waals surface area contributed by atoms with Crippen molar-refractivity contribution in [3.05, 3.63) is 33.6 Å². The van der Waals surface area contributed by atoms with Gasteiger partial charge >= 0.3 is 0 Å². The molecule has 1 atom stereocenters. The van der Waals surface area contributed by atoms with Crippen LogP contribution in [0.15, 0.2) is 28.2 Å². The molecular formula is C18H22ClN3O2S. The zero-order valence-corrected chi connectivity index (χ0v) is 16.0. The molecule has 25 heavy (non-hydrogen) atoms. The van der Waals surface area contributed by atoms with Crippen LogP contribution in [0.2, 0.25) is 5.02 Å². The minimum absolute atomic E-state index is 0.0315. The Hall–Kier alpha value is -1.53. The average molecular weight is 380 g/mol. The van der Waals surface area contributed by atoms with E-state index in [0.29, 0.717) is 33.5 Å². The number of carbonyl (C=O) groups excluding carboxylic acids is 1. The summed E-state index contributed by atoms with van der Waals surface area (Å²) >= 11 is 7.44. The third kappa shape index (κ3) is 4.18. The van der Waals surface area contributed by atoms with E-state index in [1.165, 1.54) is 11.8 Å². The molecule has 0 radical (unpaired) electrons. The maximum atomic E-state index is 13.0. The van der Waals surface area contributed by atoms with Crippen molar-refractivity contribution in [2.45, 2.75) is 50.1 Å². The molecule has 0 spiro atoms. The average Bonchev–Trinajstić information content (AvgIpc) is 2.76. The minimum atomic E-state index is -0.211. The highest BCUT2D eigenvalue weighted by Gasteiger charge is 2.25. The van der Waals surface area contributed by atoms with Crippen molar-refractivity contribution in [2.75, 3.05) is 6.54 Å². The number of nitrogens with one attached hydrogen (secondary N) is 1. The number of fused-ring (bicyclic) bond motifs is 1. The molecule has 1 N–H and O–H groups in total. The van der Waals surface area contributed by atoms with Gasteiger partial charge in [0.1, 0.15) is 0 Å². The largest absolute Gasteiger partial charge is 0.355 e. The van der Waals surface area contributed by atoms with E-state index < -0.39 is 0 Å². The molecule has 134 valence electrons. The van der Waals surface area contributed by atoms with E-state index in [1.54, 1.807) is 22.8 Å².